The zero-order valence-corrected chi connectivity index (χ0v) is 20.5. The van der Waals surface area contributed by atoms with Crippen molar-refractivity contribution in [3.05, 3.63) is 0 Å². The molecule has 0 unspecified atom stereocenters. The molecule has 0 aliphatic heterocycles. The Hall–Kier alpha value is -0.820. The molecule has 1 amide bonds. The first-order valence-electron chi connectivity index (χ1n) is 8.45. The number of nitrogens with zero attached hydrogens (tertiary/aromatic N) is 1. The normalized spacial score (nSPS) is 12.8. The molecular weight excluding hydrogens is 487 g/mol. The maximum absolute atomic E-state index is 11.9. The van der Waals surface area contributed by atoms with Gasteiger partial charge in [-0.1, -0.05) is 0 Å². The number of ether oxygens (including phenoxy) is 2. The van der Waals surface area contributed by atoms with Gasteiger partial charge in [0, 0.05) is 26.4 Å². The molecule has 0 fully saturated rings. The minimum atomic E-state index is -3.01. The molecule has 11 heteroatoms. The molecule has 0 saturated carbocycles. The van der Waals surface area contributed by atoms with Gasteiger partial charge in [0.05, 0.1) is 24.5 Å². The van der Waals surface area contributed by atoms with Crippen molar-refractivity contribution in [3.8, 4) is 0 Å². The second-order valence-electron chi connectivity index (χ2n) is 7.61. The van der Waals surface area contributed by atoms with Crippen LogP contribution in [0.25, 0.3) is 0 Å². The Balaban J connectivity index is 0. The van der Waals surface area contributed by atoms with E-state index < -0.39 is 27.1 Å². The van der Waals surface area contributed by atoms with Gasteiger partial charge >= 0.3 is 6.09 Å². The molecule has 0 aromatic heterocycles. The minimum Gasteiger partial charge on any atom is -0.444 e. The van der Waals surface area contributed by atoms with E-state index in [2.05, 4.69) is 20.9 Å². The van der Waals surface area contributed by atoms with Crippen LogP contribution in [0.2, 0.25) is 0 Å². The number of guanidine groups is 1. The summed E-state index contributed by atoms with van der Waals surface area (Å²) < 4.78 is 32.5. The van der Waals surface area contributed by atoms with E-state index in [1.165, 1.54) is 6.26 Å². The van der Waals surface area contributed by atoms with Gasteiger partial charge in [-0.05, 0) is 34.6 Å². The SMILES string of the molecule is CN=C(NCCOCCS(C)(=O)=O)NCC(C)(C)NC(=O)OC(C)(C)C.I. The lowest BCUT2D eigenvalue weighted by Gasteiger charge is -2.29. The molecule has 162 valence electrons. The van der Waals surface area contributed by atoms with Crippen LogP contribution in [0.15, 0.2) is 4.99 Å². The van der Waals surface area contributed by atoms with Crippen LogP contribution in [0.5, 0.6) is 0 Å². The molecule has 0 aromatic carbocycles. The summed E-state index contributed by atoms with van der Waals surface area (Å²) in [5.41, 5.74) is -1.10. The van der Waals surface area contributed by atoms with Gasteiger partial charge in [-0.15, -0.1) is 24.0 Å². The van der Waals surface area contributed by atoms with Crippen molar-refractivity contribution >= 4 is 45.9 Å². The van der Waals surface area contributed by atoms with Crippen LogP contribution in [0.1, 0.15) is 34.6 Å². The molecule has 0 aliphatic rings. The summed E-state index contributed by atoms with van der Waals surface area (Å²) in [4.78, 5) is 16.0. The molecule has 0 aromatic rings. The monoisotopic (exact) mass is 522 g/mol. The fraction of sp³-hybridized carbons (Fsp3) is 0.875. The molecule has 0 aliphatic carbocycles. The van der Waals surface area contributed by atoms with Gasteiger partial charge in [-0.2, -0.15) is 0 Å². The van der Waals surface area contributed by atoms with E-state index in [4.69, 9.17) is 9.47 Å². The first kappa shape index (κ1) is 28.4. The van der Waals surface area contributed by atoms with Gasteiger partial charge in [-0.3, -0.25) is 4.99 Å². The van der Waals surface area contributed by atoms with Crippen molar-refractivity contribution in [3.63, 3.8) is 0 Å². The molecule has 0 heterocycles. The summed E-state index contributed by atoms with van der Waals surface area (Å²) in [6.45, 7) is 10.6. The Kier molecular flexibility index (Phi) is 13.3. The predicted molar refractivity (Wildman–Crippen MR) is 119 cm³/mol. The summed E-state index contributed by atoms with van der Waals surface area (Å²) in [6, 6.07) is 0. The lowest BCUT2D eigenvalue weighted by atomic mass is 10.1. The zero-order chi connectivity index (χ0) is 20.4. The maximum Gasteiger partial charge on any atom is 0.408 e. The number of hydrogen-bond donors (Lipinski definition) is 3. The van der Waals surface area contributed by atoms with Crippen molar-refractivity contribution in [2.45, 2.75) is 45.8 Å². The van der Waals surface area contributed by atoms with E-state index in [0.717, 1.165) is 0 Å². The third-order valence-electron chi connectivity index (χ3n) is 2.90. The molecule has 0 bridgehead atoms. The van der Waals surface area contributed by atoms with Gasteiger partial charge < -0.3 is 25.4 Å². The Morgan fingerprint density at radius 1 is 1.07 bits per heavy atom. The summed E-state index contributed by atoms with van der Waals surface area (Å²) in [5.74, 6) is 0.556. The maximum atomic E-state index is 11.9. The highest BCUT2D eigenvalue weighted by Crippen LogP contribution is 2.09. The summed E-state index contributed by atoms with van der Waals surface area (Å²) in [5, 5.41) is 8.96. The number of hydrogen-bond acceptors (Lipinski definition) is 6. The number of sulfone groups is 1. The number of carbonyl (C=O) groups excluding carboxylic acids is 1. The topological polar surface area (TPSA) is 118 Å². The van der Waals surface area contributed by atoms with Gasteiger partial charge in [0.1, 0.15) is 15.4 Å². The van der Waals surface area contributed by atoms with Crippen molar-refractivity contribution < 1.29 is 22.7 Å². The Morgan fingerprint density at radius 2 is 1.67 bits per heavy atom. The predicted octanol–water partition coefficient (Wildman–Crippen LogP) is 1.13. The van der Waals surface area contributed by atoms with E-state index >= 15 is 0 Å². The molecule has 0 spiro atoms. The van der Waals surface area contributed by atoms with Gasteiger partial charge in [0.25, 0.3) is 0 Å². The lowest BCUT2D eigenvalue weighted by molar-refractivity contribution is 0.0474. The van der Waals surface area contributed by atoms with Crippen LogP contribution in [0, 0.1) is 0 Å². The standard InChI is InChI=1S/C16H34N4O5S.HI/c1-15(2,3)25-14(21)20-16(4,5)12-19-13(17-6)18-8-9-24-10-11-26(7,22)23;/h8-12H2,1-7H3,(H,20,21)(H2,17,18,19);1H. The average Bonchev–Trinajstić information content (AvgIpc) is 2.41. The fourth-order valence-electron chi connectivity index (χ4n) is 1.70. The molecule has 0 saturated heterocycles. The molecule has 0 radical (unpaired) electrons. The van der Waals surface area contributed by atoms with E-state index in [0.29, 0.717) is 25.7 Å². The smallest absolute Gasteiger partial charge is 0.408 e. The van der Waals surface area contributed by atoms with Gasteiger partial charge in [0.2, 0.25) is 0 Å². The van der Waals surface area contributed by atoms with Gasteiger partial charge in [-0.25, -0.2) is 13.2 Å². The second kappa shape index (κ2) is 12.6. The van der Waals surface area contributed by atoms with E-state index in [1.54, 1.807) is 7.05 Å². The van der Waals surface area contributed by atoms with Crippen LogP contribution in [0.3, 0.4) is 0 Å². The highest BCUT2D eigenvalue weighted by Gasteiger charge is 2.24. The summed E-state index contributed by atoms with van der Waals surface area (Å²) >= 11 is 0. The van der Waals surface area contributed by atoms with Crippen LogP contribution >= 0.6 is 24.0 Å². The molecule has 9 nitrogen and oxygen atoms in total. The number of rotatable bonds is 9. The zero-order valence-electron chi connectivity index (χ0n) is 17.3. The molecule has 0 atom stereocenters. The number of aliphatic imine (C=N–C) groups is 1. The first-order valence-corrected chi connectivity index (χ1v) is 10.5. The molecular formula is C16H35IN4O5S. The van der Waals surface area contributed by atoms with E-state index in [9.17, 15) is 13.2 Å². The molecule has 0 rings (SSSR count). The van der Waals surface area contributed by atoms with E-state index in [-0.39, 0.29) is 36.3 Å². The van der Waals surface area contributed by atoms with Crippen LogP contribution in [-0.2, 0) is 19.3 Å². The average molecular weight is 522 g/mol. The number of alkyl carbamates (subject to hydrolysis) is 1. The Bertz CT molecular complexity index is 574. The van der Waals surface area contributed by atoms with E-state index in [1.807, 2.05) is 34.6 Å². The molecule has 27 heavy (non-hydrogen) atoms. The highest BCUT2D eigenvalue weighted by molar-refractivity contribution is 14.0. The number of carbonyl (C=O) groups is 1. The Morgan fingerprint density at radius 3 is 2.15 bits per heavy atom. The van der Waals surface area contributed by atoms with Crippen LogP contribution in [0.4, 0.5) is 4.79 Å². The van der Waals surface area contributed by atoms with Crippen LogP contribution < -0.4 is 16.0 Å². The van der Waals surface area contributed by atoms with Gasteiger partial charge in [0.15, 0.2) is 5.96 Å². The summed E-state index contributed by atoms with van der Waals surface area (Å²) in [6.07, 6.45) is 0.694. The van der Waals surface area contributed by atoms with Crippen molar-refractivity contribution in [1.29, 1.82) is 0 Å². The van der Waals surface area contributed by atoms with Crippen molar-refractivity contribution in [2.24, 2.45) is 4.99 Å². The quantitative estimate of drug-likeness (QED) is 0.180. The third-order valence-corrected chi connectivity index (χ3v) is 3.81. The van der Waals surface area contributed by atoms with Crippen molar-refractivity contribution in [2.75, 3.05) is 45.4 Å². The second-order valence-corrected chi connectivity index (χ2v) is 9.87. The van der Waals surface area contributed by atoms with Crippen LogP contribution in [-0.4, -0.2) is 77.0 Å². The summed E-state index contributed by atoms with van der Waals surface area (Å²) in [7, 11) is -1.37. The number of nitrogens with one attached hydrogen (secondary N) is 3. The Labute approximate surface area is 180 Å². The third kappa shape index (κ3) is 18.3. The highest BCUT2D eigenvalue weighted by atomic mass is 127. The first-order chi connectivity index (χ1) is 11.7. The number of amides is 1. The fourth-order valence-corrected chi connectivity index (χ4v) is 2.12. The van der Waals surface area contributed by atoms with Crippen molar-refractivity contribution in [1.82, 2.24) is 16.0 Å². The minimum absolute atomic E-state index is 0. The number of halogens is 1. The molecule has 3 N–H and O–H groups in total. The largest absolute Gasteiger partial charge is 0.444 e. The lowest BCUT2D eigenvalue weighted by Crippen LogP contribution is -2.54.